The smallest absolute Gasteiger partial charge is 0.463 e. The number of phosphoric ester groups is 1. The Kier molecular flexibility index (Phi) is 8.93. The zero-order chi connectivity index (χ0) is 15.6. The summed E-state index contributed by atoms with van der Waals surface area (Å²) in [4.78, 5) is 20.1. The molecule has 8 heteroatoms. The number of unbranched alkanes of at least 4 members (excludes halogenated alkanes) is 1. The van der Waals surface area contributed by atoms with Gasteiger partial charge in [-0.3, -0.25) is 9.05 Å². The summed E-state index contributed by atoms with van der Waals surface area (Å²) in [6, 6.07) is 0. The minimum atomic E-state index is -3.99. The molecule has 0 radical (unpaired) electrons. The number of esters is 1. The molecule has 20 heavy (non-hydrogen) atoms. The summed E-state index contributed by atoms with van der Waals surface area (Å²) in [7, 11) is 1.88. The van der Waals surface area contributed by atoms with E-state index in [2.05, 4.69) is 6.58 Å². The van der Waals surface area contributed by atoms with Crippen LogP contribution in [0.25, 0.3) is 0 Å². The van der Waals surface area contributed by atoms with Gasteiger partial charge in [0.25, 0.3) is 0 Å². The molecule has 0 rings (SSSR count). The van der Waals surface area contributed by atoms with E-state index in [-0.39, 0.29) is 19.8 Å². The number of hydrogen-bond donors (Lipinski definition) is 1. The van der Waals surface area contributed by atoms with Crippen LogP contribution in [0.3, 0.4) is 0 Å². The van der Waals surface area contributed by atoms with E-state index in [1.54, 1.807) is 0 Å². The average Bonchev–Trinajstić information content (AvgIpc) is 2.31. The summed E-state index contributed by atoms with van der Waals surface area (Å²) in [6.07, 6.45) is 2.12. The molecule has 0 saturated heterocycles. The van der Waals surface area contributed by atoms with Crippen LogP contribution in [0.1, 0.15) is 12.8 Å². The molecule has 0 aromatic carbocycles. The van der Waals surface area contributed by atoms with Crippen LogP contribution in [0, 0.1) is 0 Å². The lowest BCUT2D eigenvalue weighted by Gasteiger charge is -2.24. The van der Waals surface area contributed by atoms with E-state index in [4.69, 9.17) is 13.8 Å². The predicted molar refractivity (Wildman–Crippen MR) is 75.0 cm³/mol. The van der Waals surface area contributed by atoms with E-state index in [0.717, 1.165) is 6.08 Å². The molecule has 118 valence electrons. The molecular formula is C12H25NO6P+. The number of ether oxygens (including phenoxy) is 1. The summed E-state index contributed by atoms with van der Waals surface area (Å²) >= 11 is 0. The average molecular weight is 310 g/mol. The molecule has 0 aliphatic heterocycles. The molecule has 1 atom stereocenters. The van der Waals surface area contributed by atoms with Crippen molar-refractivity contribution in [3.8, 4) is 0 Å². The summed E-state index contributed by atoms with van der Waals surface area (Å²) < 4.78 is 26.5. The maximum Gasteiger partial charge on any atom is 0.472 e. The lowest BCUT2D eigenvalue weighted by molar-refractivity contribution is -0.870. The molecule has 0 aliphatic carbocycles. The van der Waals surface area contributed by atoms with Crippen molar-refractivity contribution >= 4 is 13.8 Å². The molecule has 0 bridgehead atoms. The van der Waals surface area contributed by atoms with Gasteiger partial charge in [-0.25, -0.2) is 9.36 Å². The second-order valence-corrected chi connectivity index (χ2v) is 6.68. The minimum Gasteiger partial charge on any atom is -0.463 e. The fourth-order valence-corrected chi connectivity index (χ4v) is 1.83. The Labute approximate surface area is 120 Å². The Morgan fingerprint density at radius 2 is 1.75 bits per heavy atom. The van der Waals surface area contributed by atoms with E-state index in [1.807, 2.05) is 21.1 Å². The Balaban J connectivity index is 3.64. The van der Waals surface area contributed by atoms with Crippen molar-refractivity contribution in [3.05, 3.63) is 12.7 Å². The van der Waals surface area contributed by atoms with Crippen LogP contribution < -0.4 is 0 Å². The molecular weight excluding hydrogens is 285 g/mol. The monoisotopic (exact) mass is 310 g/mol. The van der Waals surface area contributed by atoms with Crippen molar-refractivity contribution in [2.45, 2.75) is 12.8 Å². The molecule has 0 spiro atoms. The third kappa shape index (κ3) is 12.3. The standard InChI is InChI=1S/C12H24NO6P/c1-5-12(14)17-9-6-7-10-18-20(15,16)19-11-8-13(2,3)4/h5H,1,6-11H2,2-4H3/p+1. The number of likely N-dealkylation sites (N-methyl/N-ethyl adjacent to an activating group) is 1. The molecule has 7 nitrogen and oxygen atoms in total. The summed E-state index contributed by atoms with van der Waals surface area (Å²) in [5.74, 6) is -0.484. The number of phosphoric acid groups is 1. The molecule has 0 aromatic heterocycles. The number of carbonyl (C=O) groups is 1. The van der Waals surface area contributed by atoms with E-state index < -0.39 is 13.8 Å². The first-order valence-electron chi connectivity index (χ1n) is 6.38. The van der Waals surface area contributed by atoms with Gasteiger partial charge in [0, 0.05) is 6.08 Å². The largest absolute Gasteiger partial charge is 0.472 e. The number of rotatable bonds is 11. The van der Waals surface area contributed by atoms with Gasteiger partial charge in [-0.15, -0.1) is 0 Å². The van der Waals surface area contributed by atoms with Gasteiger partial charge in [-0.1, -0.05) is 6.58 Å². The maximum atomic E-state index is 11.5. The lowest BCUT2D eigenvalue weighted by atomic mass is 10.3. The molecule has 0 aliphatic rings. The first-order valence-corrected chi connectivity index (χ1v) is 7.87. The highest BCUT2D eigenvalue weighted by atomic mass is 31.2. The predicted octanol–water partition coefficient (Wildman–Crippen LogP) is 1.34. The summed E-state index contributed by atoms with van der Waals surface area (Å²) in [6.45, 7) is 4.32. The second kappa shape index (κ2) is 9.26. The van der Waals surface area contributed by atoms with Gasteiger partial charge in [0.2, 0.25) is 0 Å². The van der Waals surface area contributed by atoms with Gasteiger partial charge in [0.05, 0.1) is 34.4 Å². The zero-order valence-electron chi connectivity index (χ0n) is 12.4. The highest BCUT2D eigenvalue weighted by Gasteiger charge is 2.21. The van der Waals surface area contributed by atoms with Gasteiger partial charge in [0.15, 0.2) is 0 Å². The van der Waals surface area contributed by atoms with Gasteiger partial charge in [0.1, 0.15) is 13.2 Å². The van der Waals surface area contributed by atoms with E-state index in [1.165, 1.54) is 0 Å². The maximum absolute atomic E-state index is 11.5. The summed E-state index contributed by atoms with van der Waals surface area (Å²) in [5, 5.41) is 0. The van der Waals surface area contributed by atoms with Crippen LogP contribution in [0.15, 0.2) is 12.7 Å². The fraction of sp³-hybridized carbons (Fsp3) is 0.750. The van der Waals surface area contributed by atoms with Crippen molar-refractivity contribution < 1.29 is 32.5 Å². The van der Waals surface area contributed by atoms with Crippen molar-refractivity contribution in [1.29, 1.82) is 0 Å². The third-order valence-corrected chi connectivity index (χ3v) is 3.24. The molecule has 0 amide bonds. The van der Waals surface area contributed by atoms with E-state index in [9.17, 15) is 14.3 Å². The number of hydrogen-bond acceptors (Lipinski definition) is 5. The first kappa shape index (κ1) is 19.3. The Morgan fingerprint density at radius 1 is 1.20 bits per heavy atom. The molecule has 0 fully saturated rings. The van der Waals surface area contributed by atoms with Crippen LogP contribution >= 0.6 is 7.82 Å². The minimum absolute atomic E-state index is 0.0732. The van der Waals surface area contributed by atoms with Crippen LogP contribution in [0.5, 0.6) is 0 Å². The van der Waals surface area contributed by atoms with Gasteiger partial charge in [-0.05, 0) is 12.8 Å². The first-order chi connectivity index (χ1) is 9.16. The van der Waals surface area contributed by atoms with Crippen molar-refractivity contribution in [2.24, 2.45) is 0 Å². The van der Waals surface area contributed by atoms with Crippen LogP contribution in [-0.2, 0) is 23.1 Å². The van der Waals surface area contributed by atoms with Crippen LogP contribution in [0.4, 0.5) is 0 Å². The second-order valence-electron chi connectivity index (χ2n) is 5.23. The SMILES string of the molecule is C=CC(=O)OCCCCOP(=O)(O)OCC[N+](C)(C)C. The van der Waals surface area contributed by atoms with Crippen LogP contribution in [-0.4, -0.2) is 62.9 Å². The quantitative estimate of drug-likeness (QED) is 0.204. The molecule has 1 N–H and O–H groups in total. The third-order valence-electron chi connectivity index (χ3n) is 2.22. The highest BCUT2D eigenvalue weighted by molar-refractivity contribution is 7.47. The lowest BCUT2D eigenvalue weighted by Crippen LogP contribution is -2.37. The van der Waals surface area contributed by atoms with E-state index >= 15 is 0 Å². The Morgan fingerprint density at radius 3 is 2.30 bits per heavy atom. The Hall–Kier alpha value is -0.720. The normalized spacial score (nSPS) is 14.6. The van der Waals surface area contributed by atoms with Crippen molar-refractivity contribution in [3.63, 3.8) is 0 Å². The Bertz CT molecular complexity index is 352. The van der Waals surface area contributed by atoms with Gasteiger partial charge >= 0.3 is 13.8 Å². The molecule has 0 saturated carbocycles. The number of carbonyl (C=O) groups excluding carboxylic acids is 1. The molecule has 1 unspecified atom stereocenters. The van der Waals surface area contributed by atoms with Crippen molar-refractivity contribution in [1.82, 2.24) is 0 Å². The van der Waals surface area contributed by atoms with Gasteiger partial charge in [-0.2, -0.15) is 0 Å². The van der Waals surface area contributed by atoms with Crippen LogP contribution in [0.2, 0.25) is 0 Å². The summed E-state index contributed by atoms with van der Waals surface area (Å²) in [5.41, 5.74) is 0. The number of nitrogens with zero attached hydrogens (tertiary/aromatic N) is 1. The topological polar surface area (TPSA) is 82.1 Å². The van der Waals surface area contributed by atoms with E-state index in [0.29, 0.717) is 23.9 Å². The fourth-order valence-electron chi connectivity index (χ4n) is 1.08. The van der Waals surface area contributed by atoms with Crippen molar-refractivity contribution in [2.75, 3.05) is 47.5 Å². The molecule has 0 heterocycles. The number of quaternary nitrogens is 1. The highest BCUT2D eigenvalue weighted by Crippen LogP contribution is 2.43. The molecule has 0 aromatic rings. The zero-order valence-corrected chi connectivity index (χ0v) is 13.3. The van der Waals surface area contributed by atoms with Gasteiger partial charge < -0.3 is 14.1 Å².